The number of hydrogen-bond donors (Lipinski definition) is 4. The lowest BCUT2D eigenvalue weighted by molar-refractivity contribution is -0.288. The highest BCUT2D eigenvalue weighted by atomic mass is 16.5. The monoisotopic (exact) mass is 971 g/mol. The Morgan fingerprint density at radius 2 is 0.529 bits per heavy atom. The summed E-state index contributed by atoms with van der Waals surface area (Å²) in [4.78, 5) is 33.4. The van der Waals surface area contributed by atoms with Crippen molar-refractivity contribution in [2.45, 2.75) is 231 Å². The first-order valence-corrected chi connectivity index (χ1v) is 25.1. The summed E-state index contributed by atoms with van der Waals surface area (Å²) in [6, 6.07) is 7.66. The average Bonchev–Trinajstić information content (AvgIpc) is 3.21. The van der Waals surface area contributed by atoms with Gasteiger partial charge in [0.05, 0.1) is 0 Å². The molecule has 0 atom stereocenters. The summed E-state index contributed by atoms with van der Waals surface area (Å²) in [6.45, 7) is 31.5. The molecule has 3 aromatic rings. The van der Waals surface area contributed by atoms with Crippen LogP contribution < -0.4 is 31.1 Å². The average molecular weight is 971 g/mol. The van der Waals surface area contributed by atoms with Gasteiger partial charge in [0.1, 0.15) is 0 Å². The molecule has 0 amide bonds. The molecule has 6 heterocycles. The van der Waals surface area contributed by atoms with Crippen LogP contribution in [0.3, 0.4) is 0 Å². The predicted molar refractivity (Wildman–Crippen MR) is 272 cm³/mol. The normalized spacial score (nSPS) is 25.0. The van der Waals surface area contributed by atoms with Crippen LogP contribution in [0.15, 0.2) is 24.3 Å². The maximum atomic E-state index is 13.3. The fraction of sp³-hybridized carbons (Fsp3) is 0.760. The predicted octanol–water partition coefficient (Wildman–Crippen LogP) is 8.71. The van der Waals surface area contributed by atoms with Gasteiger partial charge in [-0.3, -0.25) is 0 Å². The van der Waals surface area contributed by atoms with Gasteiger partial charge in [-0.15, -0.1) is 41.1 Å². The van der Waals surface area contributed by atoms with Crippen molar-refractivity contribution in [2.24, 2.45) is 0 Å². The van der Waals surface area contributed by atoms with Gasteiger partial charge in [0.15, 0.2) is 0 Å². The Labute approximate surface area is 416 Å². The molecule has 0 aliphatic carbocycles. The van der Waals surface area contributed by atoms with Gasteiger partial charge in [-0.05, 0) is 186 Å². The summed E-state index contributed by atoms with van der Waals surface area (Å²) in [5.74, 6) is 2.40. The minimum Gasteiger partial charge on any atom is -0.351 e. The van der Waals surface area contributed by atoms with Crippen LogP contribution in [0.5, 0.6) is 0 Å². The van der Waals surface area contributed by atoms with Crippen molar-refractivity contribution in [3.8, 4) is 0 Å². The van der Waals surface area contributed by atoms with Gasteiger partial charge in [0, 0.05) is 93.9 Å². The second kappa shape index (κ2) is 18.3. The number of hydroxylamine groups is 8. The molecule has 4 saturated heterocycles. The summed E-state index contributed by atoms with van der Waals surface area (Å²) < 4.78 is 0. The van der Waals surface area contributed by atoms with Crippen LogP contribution >= 0.6 is 0 Å². The Bertz CT molecular complexity index is 1980. The Hall–Kier alpha value is -4.28. The van der Waals surface area contributed by atoms with Crippen LogP contribution in [0, 0.1) is 0 Å². The van der Waals surface area contributed by atoms with Gasteiger partial charge in [-0.1, -0.05) is 0 Å². The Morgan fingerprint density at radius 1 is 0.357 bits per heavy atom. The van der Waals surface area contributed by atoms with E-state index in [0.717, 1.165) is 11.4 Å². The van der Waals surface area contributed by atoms with E-state index in [2.05, 4.69) is 21.3 Å². The van der Waals surface area contributed by atoms with Crippen LogP contribution in [0.4, 0.5) is 47.1 Å². The largest absolute Gasteiger partial charge is 0.351 e. The van der Waals surface area contributed by atoms with E-state index in [1.54, 1.807) is 0 Å². The van der Waals surface area contributed by atoms with Gasteiger partial charge in [0.2, 0.25) is 35.7 Å². The van der Waals surface area contributed by atoms with Gasteiger partial charge >= 0.3 is 0 Å². The molecular formula is C50H82N16O4. The van der Waals surface area contributed by atoms with Gasteiger partial charge in [0.25, 0.3) is 0 Å². The number of nitrogens with zero attached hydrogens (tertiary/aromatic N) is 12. The number of anilines is 8. The summed E-state index contributed by atoms with van der Waals surface area (Å²) >= 11 is 0. The summed E-state index contributed by atoms with van der Waals surface area (Å²) in [5, 5.41) is 72.2. The molecule has 20 heteroatoms. The van der Waals surface area contributed by atoms with E-state index in [9.17, 15) is 20.8 Å². The summed E-state index contributed by atoms with van der Waals surface area (Å²) in [7, 11) is 3.82. The van der Waals surface area contributed by atoms with E-state index in [4.69, 9.17) is 29.9 Å². The molecule has 1 aromatic carbocycles. The van der Waals surface area contributed by atoms with E-state index in [1.807, 2.05) is 159 Å². The molecule has 0 unspecified atom stereocenters. The van der Waals surface area contributed by atoms with Gasteiger partial charge in [-0.25, -0.2) is 0 Å². The quantitative estimate of drug-likeness (QED) is 0.133. The number of hydrogen-bond acceptors (Lipinski definition) is 16. The summed E-state index contributed by atoms with van der Waals surface area (Å²) in [6.07, 6.45) is 4.80. The minimum atomic E-state index is -0.599. The van der Waals surface area contributed by atoms with Gasteiger partial charge in [-0.2, -0.15) is 29.9 Å². The number of piperidine rings is 4. The molecule has 4 aliphatic heterocycles. The SMILES string of the molecule is CN(c1ccc(N(C)c2nc(NC3CC(C)(C)N([O])C(C)(C)C3)nc(NC3CC(C)(C)N([O])C(C)(C)C3)n2)cc1)c1nc(NC2CC(C)(C)N([O])C(C)(C)C2)nc(NC2CC(C)(C)N([O])C(C)(C)C2)n1. The molecule has 4 aliphatic rings. The zero-order valence-electron chi connectivity index (χ0n) is 45.3. The molecule has 386 valence electrons. The van der Waals surface area contributed by atoms with Crippen molar-refractivity contribution in [1.82, 2.24) is 50.2 Å². The molecular weight excluding hydrogens is 889 g/mol. The van der Waals surface area contributed by atoms with Crippen LogP contribution in [0.2, 0.25) is 0 Å². The molecule has 0 bridgehead atoms. The fourth-order valence-corrected chi connectivity index (χ4v) is 12.6. The second-order valence-electron chi connectivity index (χ2n) is 25.9. The lowest BCUT2D eigenvalue weighted by atomic mass is 9.79. The van der Waals surface area contributed by atoms with Crippen LogP contribution in [0.25, 0.3) is 0 Å². The van der Waals surface area contributed by atoms with Gasteiger partial charge < -0.3 is 31.1 Å². The molecule has 0 saturated carbocycles. The molecule has 4 fully saturated rings. The molecule has 7 rings (SSSR count). The standard InChI is InChI=1S/C50H82N16O4/c1-43(2)23-31(24-44(3,4)63(43)67)51-37-55-38(52-32-25-45(5,6)64(68)46(7,8)26-32)58-41(57-37)61(17)35-19-21-36(22-20-35)62(18)42-59-39(53-33-27-47(9,10)65(69)48(11,12)28-33)56-40(60-42)54-34-29-49(13,14)66(70)50(15,16)30-34/h19-22,31-34H,23-30H2,1-18H3,(H2,51,52,55,57,58)(H2,53,54,56,59,60). The van der Waals surface area contributed by atoms with Crippen molar-refractivity contribution in [3.63, 3.8) is 0 Å². The van der Waals surface area contributed by atoms with Crippen LogP contribution in [0.1, 0.15) is 162 Å². The fourth-order valence-electron chi connectivity index (χ4n) is 12.6. The first kappa shape index (κ1) is 53.5. The lowest BCUT2D eigenvalue weighted by Crippen LogP contribution is -2.61. The van der Waals surface area contributed by atoms with E-state index in [1.165, 1.54) is 20.3 Å². The first-order valence-electron chi connectivity index (χ1n) is 25.1. The highest BCUT2D eigenvalue weighted by molar-refractivity contribution is 5.65. The number of benzene rings is 1. The highest BCUT2D eigenvalue weighted by Crippen LogP contribution is 2.42. The van der Waals surface area contributed by atoms with E-state index >= 15 is 0 Å². The lowest BCUT2D eigenvalue weighted by Gasteiger charge is -2.50. The highest BCUT2D eigenvalue weighted by Gasteiger charge is 2.50. The molecule has 2 aromatic heterocycles. The molecule has 0 spiro atoms. The van der Waals surface area contributed by atoms with E-state index in [0.29, 0.717) is 87.1 Å². The second-order valence-corrected chi connectivity index (χ2v) is 25.9. The van der Waals surface area contributed by atoms with Crippen LogP contribution in [-0.2, 0) is 20.8 Å². The minimum absolute atomic E-state index is 0.0732. The van der Waals surface area contributed by atoms with Crippen molar-refractivity contribution >= 4 is 47.1 Å². The molecule has 4 N–H and O–H groups in total. The summed E-state index contributed by atoms with van der Waals surface area (Å²) in [5.41, 5.74) is -3.16. The van der Waals surface area contributed by atoms with Crippen molar-refractivity contribution in [1.29, 1.82) is 0 Å². The Kier molecular flexibility index (Phi) is 14.0. The molecule has 70 heavy (non-hydrogen) atoms. The smallest absolute Gasteiger partial charge is 0.236 e. The van der Waals surface area contributed by atoms with Crippen LogP contribution in [-0.4, -0.2) is 133 Å². The topological polar surface area (TPSA) is 224 Å². The number of aromatic nitrogens is 6. The van der Waals surface area contributed by atoms with E-state index < -0.39 is 44.3 Å². The third-order valence-corrected chi connectivity index (χ3v) is 15.2. The third kappa shape index (κ3) is 11.2. The van der Waals surface area contributed by atoms with Crippen molar-refractivity contribution < 1.29 is 20.8 Å². The number of rotatable bonds is 12. The maximum Gasteiger partial charge on any atom is 0.236 e. The Balaban J connectivity index is 1.18. The zero-order chi connectivity index (χ0) is 51.9. The molecule has 4 radical (unpaired) electrons. The molecule has 20 nitrogen and oxygen atoms in total. The third-order valence-electron chi connectivity index (χ3n) is 15.2. The Morgan fingerprint density at radius 3 is 0.700 bits per heavy atom. The number of nitrogens with one attached hydrogen (secondary N) is 4. The zero-order valence-corrected chi connectivity index (χ0v) is 45.3. The van der Waals surface area contributed by atoms with Crippen molar-refractivity contribution in [3.05, 3.63) is 24.3 Å². The maximum absolute atomic E-state index is 13.3. The van der Waals surface area contributed by atoms with Crippen molar-refractivity contribution in [2.75, 3.05) is 45.2 Å². The van der Waals surface area contributed by atoms with E-state index in [-0.39, 0.29) is 24.2 Å². The first-order chi connectivity index (χ1) is 32.0.